The molecule has 0 saturated heterocycles. The van der Waals surface area contributed by atoms with Gasteiger partial charge in [0.1, 0.15) is 6.42 Å². The third-order valence-corrected chi connectivity index (χ3v) is 0.921. The summed E-state index contributed by atoms with van der Waals surface area (Å²) in [4.78, 5) is 10.6. The Balaban J connectivity index is 3.49. The van der Waals surface area contributed by atoms with E-state index >= 15 is 0 Å². The minimum absolute atomic E-state index is 0.100. The predicted molar refractivity (Wildman–Crippen MR) is 34.9 cm³/mol. The summed E-state index contributed by atoms with van der Waals surface area (Å²) >= 11 is 0. The van der Waals surface area contributed by atoms with E-state index in [-0.39, 0.29) is 25.0 Å². The number of rotatable bonds is 3. The summed E-state index contributed by atoms with van der Waals surface area (Å²) < 4.78 is 0. The van der Waals surface area contributed by atoms with Gasteiger partial charge >= 0.3 is 0 Å². The zero-order valence-electron chi connectivity index (χ0n) is 5.79. The Labute approximate surface area is 59.5 Å². The van der Waals surface area contributed by atoms with Crippen molar-refractivity contribution in [1.29, 1.82) is 5.26 Å². The number of nitrogens with zero attached hydrogens (tertiary/aromatic N) is 1. The SMILES string of the molecule is CC(CO)NC(=O)CC#N. The maximum Gasteiger partial charge on any atom is 0.234 e. The molecule has 0 spiro atoms. The highest BCUT2D eigenvalue weighted by Crippen LogP contribution is 1.81. The highest BCUT2D eigenvalue weighted by atomic mass is 16.3. The molecule has 10 heavy (non-hydrogen) atoms. The minimum Gasteiger partial charge on any atom is -0.394 e. The van der Waals surface area contributed by atoms with Crippen molar-refractivity contribution in [2.45, 2.75) is 19.4 Å². The second-order valence-corrected chi connectivity index (χ2v) is 1.99. The van der Waals surface area contributed by atoms with Crippen molar-refractivity contribution in [1.82, 2.24) is 5.32 Å². The summed E-state index contributed by atoms with van der Waals surface area (Å²) in [5, 5.41) is 18.9. The van der Waals surface area contributed by atoms with Crippen molar-refractivity contribution in [3.05, 3.63) is 0 Å². The molecule has 0 aromatic heterocycles. The Morgan fingerprint density at radius 2 is 2.50 bits per heavy atom. The quantitative estimate of drug-likeness (QED) is 0.552. The van der Waals surface area contributed by atoms with Crippen LogP contribution in [-0.4, -0.2) is 23.7 Å². The van der Waals surface area contributed by atoms with Crippen LogP contribution in [0, 0.1) is 11.3 Å². The maximum absolute atomic E-state index is 10.6. The van der Waals surface area contributed by atoms with Gasteiger partial charge in [-0.1, -0.05) is 0 Å². The number of aliphatic hydroxyl groups excluding tert-OH is 1. The van der Waals surface area contributed by atoms with Gasteiger partial charge in [-0.15, -0.1) is 0 Å². The van der Waals surface area contributed by atoms with E-state index < -0.39 is 0 Å². The number of carbonyl (C=O) groups is 1. The van der Waals surface area contributed by atoms with E-state index in [0.717, 1.165) is 0 Å². The van der Waals surface area contributed by atoms with Gasteiger partial charge in [-0.3, -0.25) is 4.79 Å². The van der Waals surface area contributed by atoms with Crippen molar-refractivity contribution in [3.63, 3.8) is 0 Å². The first-order valence-electron chi connectivity index (χ1n) is 2.98. The summed E-state index contributed by atoms with van der Waals surface area (Å²) in [6.07, 6.45) is -0.148. The topological polar surface area (TPSA) is 73.1 Å². The first-order valence-corrected chi connectivity index (χ1v) is 2.98. The molecule has 1 amide bonds. The van der Waals surface area contributed by atoms with Crippen LogP contribution < -0.4 is 5.32 Å². The largest absolute Gasteiger partial charge is 0.394 e. The second kappa shape index (κ2) is 4.77. The monoisotopic (exact) mass is 142 g/mol. The molecular weight excluding hydrogens is 132 g/mol. The van der Waals surface area contributed by atoms with Gasteiger partial charge in [-0.2, -0.15) is 5.26 Å². The lowest BCUT2D eigenvalue weighted by Crippen LogP contribution is -2.34. The first-order chi connectivity index (χ1) is 4.70. The fraction of sp³-hybridized carbons (Fsp3) is 0.667. The van der Waals surface area contributed by atoms with Gasteiger partial charge in [0.05, 0.1) is 12.7 Å². The number of hydrogen-bond acceptors (Lipinski definition) is 3. The normalized spacial score (nSPS) is 11.7. The lowest BCUT2D eigenvalue weighted by molar-refractivity contribution is -0.121. The molecule has 2 N–H and O–H groups in total. The van der Waals surface area contributed by atoms with E-state index in [1.807, 2.05) is 0 Å². The Hall–Kier alpha value is -1.08. The molecule has 0 aromatic rings. The van der Waals surface area contributed by atoms with Gasteiger partial charge < -0.3 is 10.4 Å². The number of nitriles is 1. The van der Waals surface area contributed by atoms with Crippen LogP contribution in [0.5, 0.6) is 0 Å². The van der Waals surface area contributed by atoms with Crippen LogP contribution in [0.4, 0.5) is 0 Å². The highest BCUT2D eigenvalue weighted by molar-refractivity contribution is 5.78. The van der Waals surface area contributed by atoms with Crippen LogP contribution in [0.3, 0.4) is 0 Å². The molecule has 0 aliphatic heterocycles. The molecule has 0 radical (unpaired) electrons. The zero-order valence-corrected chi connectivity index (χ0v) is 5.79. The molecular formula is C6H10N2O2. The van der Waals surface area contributed by atoms with E-state index in [1.165, 1.54) is 0 Å². The van der Waals surface area contributed by atoms with E-state index in [9.17, 15) is 4.79 Å². The number of carbonyl (C=O) groups excluding carboxylic acids is 1. The van der Waals surface area contributed by atoms with E-state index in [1.54, 1.807) is 13.0 Å². The van der Waals surface area contributed by atoms with Crippen molar-refractivity contribution >= 4 is 5.91 Å². The first kappa shape index (κ1) is 8.92. The van der Waals surface area contributed by atoms with Gasteiger partial charge in [0.2, 0.25) is 5.91 Å². The molecule has 0 aliphatic rings. The highest BCUT2D eigenvalue weighted by Gasteiger charge is 2.03. The third-order valence-electron chi connectivity index (χ3n) is 0.921. The van der Waals surface area contributed by atoms with Crippen molar-refractivity contribution in [2.24, 2.45) is 0 Å². The number of aliphatic hydroxyl groups is 1. The van der Waals surface area contributed by atoms with Crippen LogP contribution in [0.25, 0.3) is 0 Å². The molecule has 0 aromatic carbocycles. The smallest absolute Gasteiger partial charge is 0.234 e. The van der Waals surface area contributed by atoms with E-state index in [2.05, 4.69) is 5.32 Å². The standard InChI is InChI=1S/C6H10N2O2/c1-5(4-9)8-6(10)2-3-7/h5,9H,2,4H2,1H3,(H,8,10). The number of nitrogens with one attached hydrogen (secondary N) is 1. The van der Waals surface area contributed by atoms with E-state index in [4.69, 9.17) is 10.4 Å². The van der Waals surface area contributed by atoms with Gasteiger partial charge in [0, 0.05) is 6.04 Å². The Morgan fingerprint density at radius 1 is 1.90 bits per heavy atom. The summed E-state index contributed by atoms with van der Waals surface area (Å²) in [5.74, 6) is -0.343. The molecule has 0 aliphatic carbocycles. The molecule has 0 bridgehead atoms. The Kier molecular flexibility index (Phi) is 4.25. The summed E-state index contributed by atoms with van der Waals surface area (Å²) in [5.41, 5.74) is 0. The molecule has 1 atom stereocenters. The molecule has 0 fully saturated rings. The molecule has 0 saturated carbocycles. The zero-order chi connectivity index (χ0) is 7.98. The predicted octanol–water partition coefficient (Wildman–Crippen LogP) is -0.603. The van der Waals surface area contributed by atoms with Crippen molar-refractivity contribution in [3.8, 4) is 6.07 Å². The molecule has 4 nitrogen and oxygen atoms in total. The minimum atomic E-state index is -0.343. The molecule has 4 heteroatoms. The van der Waals surface area contributed by atoms with Crippen LogP contribution in [0.2, 0.25) is 0 Å². The lowest BCUT2D eigenvalue weighted by Gasteiger charge is -2.07. The number of amides is 1. The van der Waals surface area contributed by atoms with Gasteiger partial charge in [0.25, 0.3) is 0 Å². The Morgan fingerprint density at radius 3 is 2.90 bits per heavy atom. The maximum atomic E-state index is 10.6. The lowest BCUT2D eigenvalue weighted by atomic mass is 10.3. The van der Waals surface area contributed by atoms with Crippen molar-refractivity contribution in [2.75, 3.05) is 6.61 Å². The van der Waals surface area contributed by atoms with Crippen molar-refractivity contribution < 1.29 is 9.90 Å². The average molecular weight is 142 g/mol. The second-order valence-electron chi connectivity index (χ2n) is 1.99. The summed E-state index contributed by atoms with van der Waals surface area (Å²) in [6, 6.07) is 1.44. The summed E-state index contributed by atoms with van der Waals surface area (Å²) in [6.45, 7) is 1.56. The molecule has 0 rings (SSSR count). The average Bonchev–Trinajstić information content (AvgIpc) is 1.88. The molecule has 0 heterocycles. The molecule has 56 valence electrons. The van der Waals surface area contributed by atoms with Gasteiger partial charge in [-0.25, -0.2) is 0 Å². The summed E-state index contributed by atoms with van der Waals surface area (Å²) in [7, 11) is 0. The van der Waals surface area contributed by atoms with Crippen LogP contribution in [0.15, 0.2) is 0 Å². The third kappa shape index (κ3) is 3.87. The Bertz CT molecular complexity index is 150. The van der Waals surface area contributed by atoms with Crippen LogP contribution >= 0.6 is 0 Å². The van der Waals surface area contributed by atoms with Gasteiger partial charge in [-0.05, 0) is 6.92 Å². The van der Waals surface area contributed by atoms with E-state index in [0.29, 0.717) is 0 Å². The molecule has 1 unspecified atom stereocenters. The van der Waals surface area contributed by atoms with Gasteiger partial charge in [0.15, 0.2) is 0 Å². The number of hydrogen-bond donors (Lipinski definition) is 2. The van der Waals surface area contributed by atoms with Crippen LogP contribution in [0.1, 0.15) is 13.3 Å². The van der Waals surface area contributed by atoms with Crippen LogP contribution in [-0.2, 0) is 4.79 Å². The fourth-order valence-corrected chi connectivity index (χ4v) is 0.443. The fourth-order valence-electron chi connectivity index (χ4n) is 0.443.